The Labute approximate surface area is 153 Å². The van der Waals surface area contributed by atoms with Crippen molar-refractivity contribution in [2.75, 3.05) is 13.2 Å². The van der Waals surface area contributed by atoms with Gasteiger partial charge in [0.15, 0.2) is 5.72 Å². The summed E-state index contributed by atoms with van der Waals surface area (Å²) in [4.78, 5) is 35.1. The van der Waals surface area contributed by atoms with E-state index in [1.165, 1.54) is 25.1 Å². The number of aliphatic hydroxyl groups is 1. The van der Waals surface area contributed by atoms with Crippen LogP contribution in [0.15, 0.2) is 35.7 Å². The fourth-order valence-corrected chi connectivity index (χ4v) is 3.47. The molecule has 10 heteroatoms. The van der Waals surface area contributed by atoms with Gasteiger partial charge in [-0.15, -0.1) is 0 Å². The highest BCUT2D eigenvalue weighted by molar-refractivity contribution is 5.79. The van der Waals surface area contributed by atoms with Crippen molar-refractivity contribution in [3.05, 3.63) is 51.4 Å². The molecule has 10 nitrogen and oxygen atoms in total. The molecule has 2 aliphatic heterocycles. The number of allylic oxidation sites excluding steroid dienone is 2. The molecule has 3 atom stereocenters. The third-order valence-corrected chi connectivity index (χ3v) is 4.52. The minimum atomic E-state index is -1.78. The fraction of sp³-hybridized carbons (Fsp3) is 0.412. The van der Waals surface area contributed by atoms with Gasteiger partial charge in [-0.1, -0.05) is 18.2 Å². The second-order valence-corrected chi connectivity index (χ2v) is 6.20. The molecule has 1 saturated heterocycles. The molecule has 2 N–H and O–H groups in total. The van der Waals surface area contributed by atoms with E-state index < -0.39 is 34.6 Å². The summed E-state index contributed by atoms with van der Waals surface area (Å²) in [5.41, 5.74) is -1.70. The lowest BCUT2D eigenvalue weighted by molar-refractivity contribution is -0.385. The third kappa shape index (κ3) is 3.19. The lowest BCUT2D eigenvalue weighted by Gasteiger charge is -2.39. The minimum Gasteiger partial charge on any atom is -0.460 e. The van der Waals surface area contributed by atoms with Gasteiger partial charge in [-0.25, -0.2) is 4.79 Å². The second kappa shape index (κ2) is 6.88. The monoisotopic (exact) mass is 378 g/mol. The molecule has 1 fully saturated rings. The number of cyclic esters (lactones) is 1. The smallest absolute Gasteiger partial charge is 0.460 e. The first-order valence-electron chi connectivity index (χ1n) is 8.24. The van der Waals surface area contributed by atoms with Gasteiger partial charge >= 0.3 is 12.1 Å². The number of hydrogen-bond donors (Lipinski definition) is 2. The van der Waals surface area contributed by atoms with Gasteiger partial charge in [0.05, 0.1) is 17.4 Å². The zero-order valence-electron chi connectivity index (χ0n) is 14.6. The van der Waals surface area contributed by atoms with E-state index in [1.54, 1.807) is 13.0 Å². The first-order chi connectivity index (χ1) is 12.8. The molecule has 2 aliphatic rings. The SMILES string of the molecule is CCOC(=O)OC1=C(C)NC2(O)COC(=O)C2C1c1ccccc1[N+](=O)[O-]. The standard InChI is InChI=1S/C17H18N2O8/c1-3-25-16(21)27-14-9(2)18-17(22)8-26-15(20)13(17)12(14)10-6-4-5-7-11(10)19(23)24/h4-7,12-13,18,22H,3,8H2,1-2H3. The Morgan fingerprint density at radius 2 is 2.19 bits per heavy atom. The molecule has 2 heterocycles. The highest BCUT2D eigenvalue weighted by Gasteiger charge is 2.59. The number of nitrogens with one attached hydrogen (secondary N) is 1. The molecule has 0 amide bonds. The number of rotatable bonds is 4. The van der Waals surface area contributed by atoms with Gasteiger partial charge in [0, 0.05) is 17.3 Å². The van der Waals surface area contributed by atoms with Crippen molar-refractivity contribution in [1.82, 2.24) is 5.32 Å². The first kappa shape index (κ1) is 18.6. The first-order valence-corrected chi connectivity index (χ1v) is 8.24. The lowest BCUT2D eigenvalue weighted by Crippen LogP contribution is -2.56. The number of nitrogens with zero attached hydrogens (tertiary/aromatic N) is 1. The van der Waals surface area contributed by atoms with E-state index in [2.05, 4.69) is 5.32 Å². The van der Waals surface area contributed by atoms with Crippen LogP contribution in [0.2, 0.25) is 0 Å². The Hall–Kier alpha value is -3.14. The van der Waals surface area contributed by atoms with Crippen molar-refractivity contribution in [3.63, 3.8) is 0 Å². The number of fused-ring (bicyclic) bond motifs is 1. The molecule has 144 valence electrons. The van der Waals surface area contributed by atoms with Crippen molar-refractivity contribution in [1.29, 1.82) is 0 Å². The number of benzene rings is 1. The maximum Gasteiger partial charge on any atom is 0.513 e. The molecule has 0 spiro atoms. The topological polar surface area (TPSA) is 137 Å². The molecule has 0 bridgehead atoms. The zero-order valence-corrected chi connectivity index (χ0v) is 14.6. The molecule has 1 aromatic carbocycles. The van der Waals surface area contributed by atoms with Crippen LogP contribution in [0, 0.1) is 16.0 Å². The number of para-hydroxylation sites is 1. The molecule has 3 rings (SSSR count). The van der Waals surface area contributed by atoms with Crippen molar-refractivity contribution >= 4 is 17.8 Å². The predicted octanol–water partition coefficient (Wildman–Crippen LogP) is 1.55. The molecule has 0 aliphatic carbocycles. The van der Waals surface area contributed by atoms with Gasteiger partial charge in [-0.05, 0) is 13.8 Å². The van der Waals surface area contributed by atoms with Crippen LogP contribution in [0.1, 0.15) is 25.3 Å². The van der Waals surface area contributed by atoms with E-state index in [-0.39, 0.29) is 35.9 Å². The predicted molar refractivity (Wildman–Crippen MR) is 89.2 cm³/mol. The third-order valence-electron chi connectivity index (χ3n) is 4.52. The number of hydrogen-bond acceptors (Lipinski definition) is 9. The maximum atomic E-state index is 12.4. The Kier molecular flexibility index (Phi) is 4.75. The number of ether oxygens (including phenoxy) is 3. The van der Waals surface area contributed by atoms with Crippen LogP contribution in [-0.4, -0.2) is 41.1 Å². The van der Waals surface area contributed by atoms with Crippen molar-refractivity contribution in [2.24, 2.45) is 5.92 Å². The van der Waals surface area contributed by atoms with Crippen LogP contribution in [0.25, 0.3) is 0 Å². The van der Waals surface area contributed by atoms with E-state index in [1.807, 2.05) is 0 Å². The molecule has 0 aromatic heterocycles. The van der Waals surface area contributed by atoms with E-state index in [9.17, 15) is 24.8 Å². The Bertz CT molecular complexity index is 836. The number of nitro groups is 1. The summed E-state index contributed by atoms with van der Waals surface area (Å²) in [6.45, 7) is 2.84. The molecule has 3 unspecified atom stereocenters. The van der Waals surface area contributed by atoms with E-state index in [0.717, 1.165) is 0 Å². The van der Waals surface area contributed by atoms with Gasteiger partial charge in [-0.3, -0.25) is 14.9 Å². The highest BCUT2D eigenvalue weighted by atomic mass is 16.7. The lowest BCUT2D eigenvalue weighted by atomic mass is 9.75. The van der Waals surface area contributed by atoms with Gasteiger partial charge < -0.3 is 24.6 Å². The van der Waals surface area contributed by atoms with Gasteiger partial charge in [0.1, 0.15) is 18.3 Å². The van der Waals surface area contributed by atoms with Gasteiger partial charge in [0.25, 0.3) is 5.69 Å². The van der Waals surface area contributed by atoms with E-state index >= 15 is 0 Å². The highest BCUT2D eigenvalue weighted by Crippen LogP contribution is 2.48. The molecular weight excluding hydrogens is 360 g/mol. The summed E-state index contributed by atoms with van der Waals surface area (Å²) in [6, 6.07) is 5.75. The number of esters is 1. The van der Waals surface area contributed by atoms with Crippen LogP contribution >= 0.6 is 0 Å². The molecule has 0 saturated carbocycles. The Balaban J connectivity index is 2.17. The molecular formula is C17H18N2O8. The van der Waals surface area contributed by atoms with Crippen LogP contribution in [0.3, 0.4) is 0 Å². The average molecular weight is 378 g/mol. The average Bonchev–Trinajstić information content (AvgIpc) is 2.90. The molecule has 1 aromatic rings. The van der Waals surface area contributed by atoms with Crippen molar-refractivity contribution in [2.45, 2.75) is 25.5 Å². The largest absolute Gasteiger partial charge is 0.513 e. The summed E-state index contributed by atoms with van der Waals surface area (Å²) in [6.07, 6.45) is -1.02. The number of carbonyl (C=O) groups excluding carboxylic acids is 2. The zero-order chi connectivity index (χ0) is 19.8. The summed E-state index contributed by atoms with van der Waals surface area (Å²) >= 11 is 0. The summed E-state index contributed by atoms with van der Waals surface area (Å²) < 4.78 is 15.0. The normalized spacial score (nSPS) is 26.7. The number of nitro benzene ring substituents is 1. The number of carbonyl (C=O) groups is 2. The minimum absolute atomic E-state index is 0.0451. The van der Waals surface area contributed by atoms with E-state index in [0.29, 0.717) is 0 Å². The van der Waals surface area contributed by atoms with Crippen molar-refractivity contribution < 1.29 is 33.8 Å². The van der Waals surface area contributed by atoms with E-state index in [4.69, 9.17) is 14.2 Å². The fourth-order valence-electron chi connectivity index (χ4n) is 3.47. The van der Waals surface area contributed by atoms with Crippen LogP contribution < -0.4 is 5.32 Å². The van der Waals surface area contributed by atoms with Crippen LogP contribution in [0.4, 0.5) is 10.5 Å². The molecule has 0 radical (unpaired) electrons. The van der Waals surface area contributed by atoms with Crippen LogP contribution in [0.5, 0.6) is 0 Å². The van der Waals surface area contributed by atoms with Gasteiger partial charge in [-0.2, -0.15) is 0 Å². The van der Waals surface area contributed by atoms with Gasteiger partial charge in [0.2, 0.25) is 0 Å². The Morgan fingerprint density at radius 3 is 2.85 bits per heavy atom. The summed E-state index contributed by atoms with van der Waals surface area (Å²) in [7, 11) is 0. The maximum absolute atomic E-state index is 12.4. The molecule has 27 heavy (non-hydrogen) atoms. The second-order valence-electron chi connectivity index (χ2n) is 6.20. The van der Waals surface area contributed by atoms with Crippen LogP contribution in [-0.2, 0) is 19.0 Å². The Morgan fingerprint density at radius 1 is 1.48 bits per heavy atom. The quantitative estimate of drug-likeness (QED) is 0.454. The summed E-state index contributed by atoms with van der Waals surface area (Å²) in [5.74, 6) is -3.16. The van der Waals surface area contributed by atoms with Crippen molar-refractivity contribution in [3.8, 4) is 0 Å². The summed E-state index contributed by atoms with van der Waals surface area (Å²) in [5, 5.41) is 25.0.